The molecular formula is C13H18N4O4S. The molecule has 2 aliphatic rings. The molecule has 0 aliphatic carbocycles. The maximum Gasteiger partial charge on any atom is 0.271 e. The van der Waals surface area contributed by atoms with Gasteiger partial charge in [0.25, 0.3) is 5.91 Å². The molecule has 0 saturated carbocycles. The number of carbonyl (C=O) groups excluding carboxylic acids is 1. The topological polar surface area (TPSA) is 101 Å². The number of nitrogens with one attached hydrogen (secondary N) is 1. The van der Waals surface area contributed by atoms with E-state index in [0.29, 0.717) is 25.5 Å². The molecule has 1 aromatic rings. The minimum Gasteiger partial charge on any atom is -0.378 e. The van der Waals surface area contributed by atoms with Crippen LogP contribution in [0.3, 0.4) is 0 Å². The van der Waals surface area contributed by atoms with Gasteiger partial charge in [0.2, 0.25) is 0 Å². The first-order valence-electron chi connectivity index (χ1n) is 7.19. The standard InChI is InChI=1S/C13H18N4O4S/c18-13(16-10-1-6-22(19,20)9-10)11-7-15-12(8-14-11)17-2-4-21-5-3-17/h7-8,10H,1-6,9H2,(H,16,18). The zero-order valence-corrected chi connectivity index (χ0v) is 12.9. The Morgan fingerprint density at radius 2 is 2.05 bits per heavy atom. The predicted octanol–water partition coefficient (Wildman–Crippen LogP) is -0.770. The molecule has 120 valence electrons. The molecule has 8 nitrogen and oxygen atoms in total. The molecule has 0 radical (unpaired) electrons. The van der Waals surface area contributed by atoms with Crippen LogP contribution in [0.4, 0.5) is 5.82 Å². The molecule has 1 amide bonds. The predicted molar refractivity (Wildman–Crippen MR) is 79.6 cm³/mol. The Hall–Kier alpha value is -1.74. The van der Waals surface area contributed by atoms with Gasteiger partial charge in [-0.2, -0.15) is 0 Å². The first-order chi connectivity index (χ1) is 10.5. The lowest BCUT2D eigenvalue weighted by atomic mass is 10.2. The van der Waals surface area contributed by atoms with Crippen LogP contribution in [0.15, 0.2) is 12.4 Å². The largest absolute Gasteiger partial charge is 0.378 e. The molecular weight excluding hydrogens is 308 g/mol. The van der Waals surface area contributed by atoms with Crippen molar-refractivity contribution in [3.05, 3.63) is 18.1 Å². The number of hydrogen-bond acceptors (Lipinski definition) is 7. The number of amides is 1. The van der Waals surface area contributed by atoms with Crippen LogP contribution < -0.4 is 10.2 Å². The van der Waals surface area contributed by atoms with Gasteiger partial charge in [0, 0.05) is 19.1 Å². The number of nitrogens with zero attached hydrogens (tertiary/aromatic N) is 3. The number of sulfone groups is 1. The highest BCUT2D eigenvalue weighted by molar-refractivity contribution is 7.91. The first-order valence-corrected chi connectivity index (χ1v) is 9.02. The molecule has 3 rings (SSSR count). The van der Waals surface area contributed by atoms with Crippen LogP contribution in [0.25, 0.3) is 0 Å². The fraction of sp³-hybridized carbons (Fsp3) is 0.615. The van der Waals surface area contributed by atoms with Crippen molar-refractivity contribution in [1.82, 2.24) is 15.3 Å². The summed E-state index contributed by atoms with van der Waals surface area (Å²) < 4.78 is 28.0. The lowest BCUT2D eigenvalue weighted by molar-refractivity contribution is 0.0935. The maximum absolute atomic E-state index is 12.1. The van der Waals surface area contributed by atoms with E-state index in [9.17, 15) is 13.2 Å². The number of ether oxygens (including phenoxy) is 1. The highest BCUT2D eigenvalue weighted by Gasteiger charge is 2.29. The van der Waals surface area contributed by atoms with E-state index < -0.39 is 9.84 Å². The summed E-state index contributed by atoms with van der Waals surface area (Å²) in [4.78, 5) is 22.5. The van der Waals surface area contributed by atoms with Crippen LogP contribution in [0.5, 0.6) is 0 Å². The van der Waals surface area contributed by atoms with Crippen molar-refractivity contribution in [3.8, 4) is 0 Å². The van der Waals surface area contributed by atoms with Crippen LogP contribution in [0.2, 0.25) is 0 Å². The summed E-state index contributed by atoms with van der Waals surface area (Å²) in [5.41, 5.74) is 0.196. The number of aromatic nitrogens is 2. The van der Waals surface area contributed by atoms with Gasteiger partial charge in [-0.05, 0) is 6.42 Å². The third-order valence-electron chi connectivity index (χ3n) is 3.77. The Bertz CT molecular complexity index is 641. The van der Waals surface area contributed by atoms with Gasteiger partial charge in [0.1, 0.15) is 11.5 Å². The number of anilines is 1. The smallest absolute Gasteiger partial charge is 0.271 e. The molecule has 1 aromatic heterocycles. The molecule has 0 spiro atoms. The van der Waals surface area contributed by atoms with Crippen LogP contribution in [0.1, 0.15) is 16.9 Å². The monoisotopic (exact) mass is 326 g/mol. The van der Waals surface area contributed by atoms with Crippen molar-refractivity contribution in [3.63, 3.8) is 0 Å². The normalized spacial score (nSPS) is 24.2. The summed E-state index contributed by atoms with van der Waals surface area (Å²) in [6.45, 7) is 2.81. The number of carbonyl (C=O) groups is 1. The van der Waals surface area contributed by atoms with Gasteiger partial charge in [-0.15, -0.1) is 0 Å². The Morgan fingerprint density at radius 3 is 2.64 bits per heavy atom. The molecule has 2 aliphatic heterocycles. The van der Waals surface area contributed by atoms with E-state index in [4.69, 9.17) is 4.74 Å². The van der Waals surface area contributed by atoms with E-state index in [1.807, 2.05) is 4.90 Å². The van der Waals surface area contributed by atoms with E-state index in [2.05, 4.69) is 15.3 Å². The van der Waals surface area contributed by atoms with E-state index in [0.717, 1.165) is 13.1 Å². The first kappa shape index (κ1) is 15.2. The summed E-state index contributed by atoms with van der Waals surface area (Å²) in [6, 6.07) is -0.335. The summed E-state index contributed by atoms with van der Waals surface area (Å²) in [5.74, 6) is 0.448. The van der Waals surface area contributed by atoms with Crippen LogP contribution >= 0.6 is 0 Å². The summed E-state index contributed by atoms with van der Waals surface area (Å²) in [7, 11) is -3.01. The highest BCUT2D eigenvalue weighted by atomic mass is 32.2. The molecule has 0 aromatic carbocycles. The van der Waals surface area contributed by atoms with Gasteiger partial charge < -0.3 is 15.0 Å². The summed E-state index contributed by atoms with van der Waals surface area (Å²) in [5, 5.41) is 2.70. The van der Waals surface area contributed by atoms with Crippen LogP contribution in [-0.4, -0.2) is 68.1 Å². The fourth-order valence-electron chi connectivity index (χ4n) is 2.56. The lowest BCUT2D eigenvalue weighted by Gasteiger charge is -2.27. The van der Waals surface area contributed by atoms with Gasteiger partial charge in [0.05, 0.1) is 37.1 Å². The van der Waals surface area contributed by atoms with Crippen molar-refractivity contribution in [2.45, 2.75) is 12.5 Å². The second-order valence-electron chi connectivity index (χ2n) is 5.43. The van der Waals surface area contributed by atoms with Gasteiger partial charge in [0.15, 0.2) is 9.84 Å². The second-order valence-corrected chi connectivity index (χ2v) is 7.66. The van der Waals surface area contributed by atoms with Crippen molar-refractivity contribution in [2.75, 3.05) is 42.7 Å². The summed E-state index contributed by atoms with van der Waals surface area (Å²) >= 11 is 0. The van der Waals surface area contributed by atoms with Gasteiger partial charge >= 0.3 is 0 Å². The zero-order chi connectivity index (χ0) is 15.6. The zero-order valence-electron chi connectivity index (χ0n) is 12.1. The lowest BCUT2D eigenvalue weighted by Crippen LogP contribution is -2.37. The van der Waals surface area contributed by atoms with Crippen molar-refractivity contribution in [2.24, 2.45) is 0 Å². The van der Waals surface area contributed by atoms with Gasteiger partial charge in [-0.1, -0.05) is 0 Å². The molecule has 3 heterocycles. The van der Waals surface area contributed by atoms with E-state index in [1.54, 1.807) is 6.20 Å². The fourth-order valence-corrected chi connectivity index (χ4v) is 4.24. The van der Waals surface area contributed by atoms with Crippen LogP contribution in [-0.2, 0) is 14.6 Å². The Kier molecular flexibility index (Phi) is 4.25. The number of rotatable bonds is 3. The third-order valence-corrected chi connectivity index (χ3v) is 5.54. The van der Waals surface area contributed by atoms with Crippen molar-refractivity contribution in [1.29, 1.82) is 0 Å². The Morgan fingerprint density at radius 1 is 1.27 bits per heavy atom. The average molecular weight is 326 g/mol. The molecule has 2 saturated heterocycles. The molecule has 0 bridgehead atoms. The number of morpholine rings is 1. The van der Waals surface area contributed by atoms with E-state index >= 15 is 0 Å². The Labute approximate surface area is 128 Å². The van der Waals surface area contributed by atoms with Gasteiger partial charge in [-0.3, -0.25) is 4.79 Å². The quantitative estimate of drug-likeness (QED) is 0.778. The third kappa shape index (κ3) is 3.53. The molecule has 1 unspecified atom stereocenters. The minimum atomic E-state index is -3.01. The number of hydrogen-bond donors (Lipinski definition) is 1. The molecule has 1 atom stereocenters. The van der Waals surface area contributed by atoms with E-state index in [1.165, 1.54) is 6.20 Å². The SMILES string of the molecule is O=C(NC1CCS(=O)(=O)C1)c1cnc(N2CCOCC2)cn1. The Balaban J connectivity index is 1.61. The second kappa shape index (κ2) is 6.17. The van der Waals surface area contributed by atoms with Crippen LogP contribution in [0, 0.1) is 0 Å². The van der Waals surface area contributed by atoms with Gasteiger partial charge in [-0.25, -0.2) is 18.4 Å². The maximum atomic E-state index is 12.1. The van der Waals surface area contributed by atoms with E-state index in [-0.39, 0.29) is 29.1 Å². The molecule has 2 fully saturated rings. The van der Waals surface area contributed by atoms with Crippen molar-refractivity contribution >= 4 is 21.6 Å². The van der Waals surface area contributed by atoms with Crippen molar-refractivity contribution < 1.29 is 17.9 Å². The highest BCUT2D eigenvalue weighted by Crippen LogP contribution is 2.13. The summed E-state index contributed by atoms with van der Waals surface area (Å²) in [6.07, 6.45) is 3.43. The molecule has 9 heteroatoms. The average Bonchev–Trinajstić information content (AvgIpc) is 2.87. The molecule has 1 N–H and O–H groups in total. The minimum absolute atomic E-state index is 0.00195. The molecule has 22 heavy (non-hydrogen) atoms.